The van der Waals surface area contributed by atoms with Gasteiger partial charge in [-0.3, -0.25) is 13.9 Å². The fourth-order valence-corrected chi connectivity index (χ4v) is 2.86. The molecule has 2 amide bonds. The molecule has 0 bridgehead atoms. The van der Waals surface area contributed by atoms with Crippen molar-refractivity contribution >= 4 is 40.7 Å². The largest absolute Gasteiger partial charge is 0.352 e. The van der Waals surface area contributed by atoms with Crippen LogP contribution >= 0.6 is 12.2 Å². The zero-order valence-corrected chi connectivity index (χ0v) is 14.1. The van der Waals surface area contributed by atoms with Crippen molar-refractivity contribution in [2.24, 2.45) is 14.1 Å². The van der Waals surface area contributed by atoms with Gasteiger partial charge in [-0.1, -0.05) is 12.2 Å². The minimum atomic E-state index is -1.40. The minimum Gasteiger partial charge on any atom is -0.352 e. The average Bonchev–Trinajstić information content (AvgIpc) is 2.86. The zero-order chi connectivity index (χ0) is 16.4. The van der Waals surface area contributed by atoms with Gasteiger partial charge in [0.05, 0.1) is 6.67 Å². The number of hydrogen-bond donors (Lipinski definition) is 3. The Bertz CT molecular complexity index is 741. The van der Waals surface area contributed by atoms with Gasteiger partial charge in [0, 0.05) is 33.4 Å². The standard InChI is InChI=1S/C11H18N6O3S2/c1-15-8-7(9(21)16(2)11(15)19)17(6-13-8)5-4-12-10(18)14-22(3)20/h13H,4-6H2,1-3H3,(H2,12,14,18). The van der Waals surface area contributed by atoms with Gasteiger partial charge in [-0.05, 0) is 0 Å². The lowest BCUT2D eigenvalue weighted by Crippen LogP contribution is -2.41. The highest BCUT2D eigenvalue weighted by atomic mass is 32.2. The molecule has 22 heavy (non-hydrogen) atoms. The first-order valence-electron chi connectivity index (χ1n) is 6.49. The molecule has 3 N–H and O–H groups in total. The van der Waals surface area contributed by atoms with Crippen LogP contribution in [0.4, 0.5) is 16.3 Å². The van der Waals surface area contributed by atoms with Crippen molar-refractivity contribution in [3.8, 4) is 0 Å². The molecule has 0 aromatic carbocycles. The van der Waals surface area contributed by atoms with E-state index >= 15 is 0 Å². The average molecular weight is 346 g/mol. The molecule has 0 radical (unpaired) electrons. The van der Waals surface area contributed by atoms with Crippen LogP contribution in [0.15, 0.2) is 4.79 Å². The second-order valence-electron chi connectivity index (χ2n) is 4.81. The van der Waals surface area contributed by atoms with Crippen molar-refractivity contribution in [1.82, 2.24) is 19.2 Å². The summed E-state index contributed by atoms with van der Waals surface area (Å²) in [5.74, 6) is 0.673. The molecule has 1 aliphatic rings. The molecular weight excluding hydrogens is 328 g/mol. The Balaban J connectivity index is 2.10. The van der Waals surface area contributed by atoms with E-state index in [1.54, 1.807) is 14.1 Å². The van der Waals surface area contributed by atoms with E-state index in [0.29, 0.717) is 30.2 Å². The molecule has 0 saturated heterocycles. The van der Waals surface area contributed by atoms with E-state index in [0.717, 1.165) is 5.69 Å². The summed E-state index contributed by atoms with van der Waals surface area (Å²) in [4.78, 5) is 25.3. The van der Waals surface area contributed by atoms with Crippen LogP contribution in [-0.4, -0.2) is 45.4 Å². The summed E-state index contributed by atoms with van der Waals surface area (Å²) in [5.41, 5.74) is 0.571. The lowest BCUT2D eigenvalue weighted by molar-refractivity contribution is 0.246. The Morgan fingerprint density at radius 3 is 2.73 bits per heavy atom. The van der Waals surface area contributed by atoms with E-state index in [2.05, 4.69) is 15.4 Å². The van der Waals surface area contributed by atoms with Crippen LogP contribution < -0.4 is 25.9 Å². The number of amides is 2. The number of urea groups is 1. The maximum absolute atomic E-state index is 12.0. The number of nitrogens with zero attached hydrogens (tertiary/aromatic N) is 3. The molecule has 0 spiro atoms. The summed E-state index contributed by atoms with van der Waals surface area (Å²) in [5, 5.41) is 5.74. The summed E-state index contributed by atoms with van der Waals surface area (Å²) in [6.45, 7) is 1.36. The van der Waals surface area contributed by atoms with Crippen LogP contribution in [0.3, 0.4) is 0 Å². The third kappa shape index (κ3) is 3.14. The monoisotopic (exact) mass is 346 g/mol. The first-order chi connectivity index (χ1) is 10.3. The van der Waals surface area contributed by atoms with Gasteiger partial charge in [0.2, 0.25) is 0 Å². The van der Waals surface area contributed by atoms with Crippen molar-refractivity contribution < 1.29 is 9.00 Å². The van der Waals surface area contributed by atoms with E-state index in [4.69, 9.17) is 12.2 Å². The number of fused-ring (bicyclic) bond motifs is 1. The Morgan fingerprint density at radius 1 is 1.41 bits per heavy atom. The SMILES string of the molecule is Cn1c2c(c(=S)n(C)c1=O)N(CCNC(=O)NS(C)=O)CN2. The van der Waals surface area contributed by atoms with E-state index in [1.807, 2.05) is 4.90 Å². The number of hydrogen-bond acceptors (Lipinski definition) is 6. The van der Waals surface area contributed by atoms with E-state index in [-0.39, 0.29) is 5.69 Å². The van der Waals surface area contributed by atoms with Crippen molar-refractivity contribution in [2.45, 2.75) is 0 Å². The fourth-order valence-electron chi connectivity index (χ4n) is 2.23. The lowest BCUT2D eigenvalue weighted by Gasteiger charge is -2.19. The third-order valence-corrected chi connectivity index (χ3v) is 4.24. The Morgan fingerprint density at radius 2 is 2.09 bits per heavy atom. The van der Waals surface area contributed by atoms with Gasteiger partial charge in [0.15, 0.2) is 0 Å². The molecule has 1 atom stereocenters. The second-order valence-corrected chi connectivity index (χ2v) is 6.31. The molecule has 0 saturated carbocycles. The number of rotatable bonds is 4. The van der Waals surface area contributed by atoms with Crippen molar-refractivity contribution in [1.29, 1.82) is 0 Å². The normalized spacial score (nSPS) is 14.2. The van der Waals surface area contributed by atoms with Gasteiger partial charge < -0.3 is 15.5 Å². The number of aromatic nitrogens is 2. The van der Waals surface area contributed by atoms with Crippen LogP contribution in [0, 0.1) is 4.64 Å². The van der Waals surface area contributed by atoms with E-state index < -0.39 is 17.0 Å². The molecule has 1 aliphatic heterocycles. The Labute approximate surface area is 134 Å². The molecule has 122 valence electrons. The van der Waals surface area contributed by atoms with Crippen LogP contribution in [0.25, 0.3) is 0 Å². The first-order valence-corrected chi connectivity index (χ1v) is 8.46. The fraction of sp³-hybridized carbons (Fsp3) is 0.545. The molecule has 1 aromatic rings. The van der Waals surface area contributed by atoms with Gasteiger partial charge in [-0.15, -0.1) is 0 Å². The summed E-state index contributed by atoms with van der Waals surface area (Å²) in [6.07, 6.45) is 1.38. The number of carbonyl (C=O) groups excluding carboxylic acids is 1. The first kappa shape index (κ1) is 16.5. The van der Waals surface area contributed by atoms with E-state index in [9.17, 15) is 13.8 Å². The molecule has 1 aromatic heterocycles. The highest BCUT2D eigenvalue weighted by Gasteiger charge is 2.24. The lowest BCUT2D eigenvalue weighted by atomic mass is 10.4. The van der Waals surface area contributed by atoms with Crippen LogP contribution in [0.2, 0.25) is 0 Å². The molecule has 9 nitrogen and oxygen atoms in total. The summed E-state index contributed by atoms with van der Waals surface area (Å²) >= 11 is 5.33. The minimum absolute atomic E-state index is 0.193. The van der Waals surface area contributed by atoms with Gasteiger partial charge in [-0.25, -0.2) is 13.8 Å². The maximum atomic E-state index is 12.0. The molecule has 2 heterocycles. The smallest absolute Gasteiger partial charge is 0.330 e. The van der Waals surface area contributed by atoms with Crippen molar-refractivity contribution in [3.63, 3.8) is 0 Å². The highest BCUT2D eigenvalue weighted by molar-refractivity contribution is 7.82. The molecule has 11 heteroatoms. The topological polar surface area (TPSA) is 100 Å². The summed E-state index contributed by atoms with van der Waals surface area (Å²) in [7, 11) is 1.91. The van der Waals surface area contributed by atoms with Crippen LogP contribution in [0.5, 0.6) is 0 Å². The van der Waals surface area contributed by atoms with Gasteiger partial charge in [0.1, 0.15) is 27.1 Å². The highest BCUT2D eigenvalue weighted by Crippen LogP contribution is 2.29. The Kier molecular flexibility index (Phi) is 4.86. The summed E-state index contributed by atoms with van der Waals surface area (Å²) < 4.78 is 16.5. The van der Waals surface area contributed by atoms with E-state index in [1.165, 1.54) is 15.4 Å². The molecule has 2 rings (SSSR count). The maximum Gasteiger partial charge on any atom is 0.330 e. The quantitative estimate of drug-likeness (QED) is 0.620. The molecule has 0 aliphatic carbocycles. The summed E-state index contributed by atoms with van der Waals surface area (Å²) in [6, 6.07) is -0.488. The predicted octanol–water partition coefficient (Wildman–Crippen LogP) is -0.765. The van der Waals surface area contributed by atoms with Crippen molar-refractivity contribution in [2.75, 3.05) is 36.2 Å². The zero-order valence-electron chi connectivity index (χ0n) is 12.5. The van der Waals surface area contributed by atoms with Gasteiger partial charge in [-0.2, -0.15) is 0 Å². The van der Waals surface area contributed by atoms with Crippen molar-refractivity contribution in [3.05, 3.63) is 15.1 Å². The number of nitrogens with one attached hydrogen (secondary N) is 3. The second kappa shape index (κ2) is 6.48. The van der Waals surface area contributed by atoms with Crippen LogP contribution in [-0.2, 0) is 25.1 Å². The Hall–Kier alpha value is -1.88. The third-order valence-electron chi connectivity index (χ3n) is 3.30. The molecular formula is C11H18N6O3S2. The predicted molar refractivity (Wildman–Crippen MR) is 87.9 cm³/mol. The molecule has 1 unspecified atom stereocenters. The van der Waals surface area contributed by atoms with Gasteiger partial charge >= 0.3 is 11.7 Å². The number of carbonyl (C=O) groups is 1. The molecule has 0 fully saturated rings. The van der Waals surface area contributed by atoms with Gasteiger partial charge in [0.25, 0.3) is 0 Å². The van der Waals surface area contributed by atoms with Crippen LogP contribution in [0.1, 0.15) is 0 Å². The number of anilines is 2.